The van der Waals surface area contributed by atoms with Crippen molar-refractivity contribution in [3.8, 4) is 0 Å². The van der Waals surface area contributed by atoms with Gasteiger partial charge in [-0.3, -0.25) is 14.6 Å². The highest BCUT2D eigenvalue weighted by atomic mass is 16.2. The number of aliphatic imine (C=N–C) groups is 1. The number of nitrogens with zero attached hydrogens (tertiary/aromatic N) is 2. The number of benzene rings is 3. The van der Waals surface area contributed by atoms with Crippen molar-refractivity contribution in [2.24, 2.45) is 4.99 Å². The molecule has 1 aliphatic rings. The van der Waals surface area contributed by atoms with Crippen LogP contribution in [0, 0.1) is 0 Å². The summed E-state index contributed by atoms with van der Waals surface area (Å²) in [5.41, 5.74) is 4.45. The Hall–Kier alpha value is -3.73. The van der Waals surface area contributed by atoms with Crippen molar-refractivity contribution in [2.45, 2.75) is 6.42 Å². The molecule has 3 aromatic carbocycles. The molecular formula is C25H23N3O2. The summed E-state index contributed by atoms with van der Waals surface area (Å²) in [7, 11) is 0. The molecule has 0 saturated carbocycles. The van der Waals surface area contributed by atoms with Crippen molar-refractivity contribution in [1.82, 2.24) is 5.32 Å². The fourth-order valence-electron chi connectivity index (χ4n) is 3.57. The zero-order valence-electron chi connectivity index (χ0n) is 16.6. The van der Waals surface area contributed by atoms with E-state index in [0.29, 0.717) is 12.2 Å². The average molecular weight is 397 g/mol. The fraction of sp³-hybridized carbons (Fsp3) is 0.160. The molecule has 1 aliphatic heterocycles. The molecule has 5 nitrogen and oxygen atoms in total. The quantitative estimate of drug-likeness (QED) is 0.694. The third kappa shape index (κ3) is 4.46. The van der Waals surface area contributed by atoms with Crippen molar-refractivity contribution in [2.75, 3.05) is 24.5 Å². The third-order valence-corrected chi connectivity index (χ3v) is 5.05. The third-order valence-electron chi connectivity index (χ3n) is 5.05. The minimum Gasteiger partial charge on any atom is -0.354 e. The second kappa shape index (κ2) is 9.18. The van der Waals surface area contributed by atoms with E-state index in [2.05, 4.69) is 10.3 Å². The van der Waals surface area contributed by atoms with E-state index in [1.54, 1.807) is 0 Å². The summed E-state index contributed by atoms with van der Waals surface area (Å²) in [6.45, 7) is 0.511. The Labute approximate surface area is 176 Å². The van der Waals surface area contributed by atoms with Crippen molar-refractivity contribution in [3.05, 3.63) is 102 Å². The predicted octanol–water partition coefficient (Wildman–Crippen LogP) is 3.23. The van der Waals surface area contributed by atoms with Crippen LogP contribution >= 0.6 is 0 Å². The molecule has 0 saturated heterocycles. The molecule has 0 aromatic heterocycles. The van der Waals surface area contributed by atoms with Crippen LogP contribution in [0.2, 0.25) is 0 Å². The van der Waals surface area contributed by atoms with Crippen LogP contribution < -0.4 is 10.2 Å². The molecule has 5 heteroatoms. The van der Waals surface area contributed by atoms with Crippen LogP contribution in [-0.4, -0.2) is 37.2 Å². The summed E-state index contributed by atoms with van der Waals surface area (Å²) in [5.74, 6) is -0.371. The number of carbonyl (C=O) groups excluding carboxylic acids is 2. The van der Waals surface area contributed by atoms with E-state index in [9.17, 15) is 9.59 Å². The molecule has 150 valence electrons. The minimum absolute atomic E-state index is 0.0101. The van der Waals surface area contributed by atoms with E-state index in [4.69, 9.17) is 0 Å². The lowest BCUT2D eigenvalue weighted by Crippen LogP contribution is -2.42. The minimum atomic E-state index is -0.188. The second-order valence-corrected chi connectivity index (χ2v) is 7.11. The van der Waals surface area contributed by atoms with Crippen LogP contribution in [0.3, 0.4) is 0 Å². The Morgan fingerprint density at radius 2 is 1.57 bits per heavy atom. The number of hydrogen-bond donors (Lipinski definition) is 1. The lowest BCUT2D eigenvalue weighted by Gasteiger charge is -2.22. The predicted molar refractivity (Wildman–Crippen MR) is 119 cm³/mol. The van der Waals surface area contributed by atoms with E-state index in [0.717, 1.165) is 28.8 Å². The Kier molecular flexibility index (Phi) is 5.99. The maximum atomic E-state index is 12.8. The van der Waals surface area contributed by atoms with Gasteiger partial charge < -0.3 is 10.2 Å². The SMILES string of the molecule is O=C(CN1C(=O)CN=C(c2ccccc2)c2ccccc21)NCCc1ccccc1. The molecule has 0 spiro atoms. The monoisotopic (exact) mass is 397 g/mol. The molecule has 0 unspecified atom stereocenters. The average Bonchev–Trinajstić information content (AvgIpc) is 2.92. The van der Waals surface area contributed by atoms with Gasteiger partial charge in [0.2, 0.25) is 11.8 Å². The lowest BCUT2D eigenvalue weighted by atomic mass is 10.0. The van der Waals surface area contributed by atoms with Crippen LogP contribution in [-0.2, 0) is 16.0 Å². The van der Waals surface area contributed by atoms with E-state index in [-0.39, 0.29) is 24.9 Å². The maximum Gasteiger partial charge on any atom is 0.249 e. The van der Waals surface area contributed by atoms with Crippen LogP contribution in [0.4, 0.5) is 5.69 Å². The van der Waals surface area contributed by atoms with Crippen LogP contribution in [0.15, 0.2) is 89.9 Å². The molecule has 0 aliphatic carbocycles. The van der Waals surface area contributed by atoms with E-state index >= 15 is 0 Å². The van der Waals surface area contributed by atoms with Gasteiger partial charge in [0.25, 0.3) is 0 Å². The Bertz CT molecular complexity index is 1060. The number of hydrogen-bond acceptors (Lipinski definition) is 3. The first-order valence-electron chi connectivity index (χ1n) is 10.0. The van der Waals surface area contributed by atoms with Gasteiger partial charge in [-0.05, 0) is 18.1 Å². The van der Waals surface area contributed by atoms with E-state index < -0.39 is 0 Å². The normalized spacial score (nSPS) is 13.3. The van der Waals surface area contributed by atoms with Gasteiger partial charge in [-0.2, -0.15) is 0 Å². The molecule has 3 aromatic rings. The first kappa shape index (κ1) is 19.6. The van der Waals surface area contributed by atoms with Gasteiger partial charge in [-0.15, -0.1) is 0 Å². The lowest BCUT2D eigenvalue weighted by molar-refractivity contribution is -0.123. The van der Waals surface area contributed by atoms with E-state index in [1.165, 1.54) is 4.90 Å². The van der Waals surface area contributed by atoms with Gasteiger partial charge in [0.05, 0.1) is 11.4 Å². The molecule has 0 bridgehead atoms. The molecule has 0 fully saturated rings. The van der Waals surface area contributed by atoms with E-state index in [1.807, 2.05) is 84.9 Å². The molecule has 2 amide bonds. The maximum absolute atomic E-state index is 12.8. The molecule has 30 heavy (non-hydrogen) atoms. The first-order chi connectivity index (χ1) is 14.7. The Morgan fingerprint density at radius 3 is 2.33 bits per heavy atom. The number of benzodiazepines with no additional fused rings is 1. The summed E-state index contributed by atoms with van der Waals surface area (Å²) in [6, 6.07) is 27.4. The molecule has 1 N–H and O–H groups in total. The van der Waals surface area contributed by atoms with Crippen molar-refractivity contribution < 1.29 is 9.59 Å². The number of fused-ring (bicyclic) bond motifs is 1. The van der Waals surface area contributed by atoms with Crippen molar-refractivity contribution >= 4 is 23.2 Å². The Balaban J connectivity index is 1.50. The summed E-state index contributed by atoms with van der Waals surface area (Å²) < 4.78 is 0. The van der Waals surface area contributed by atoms with Gasteiger partial charge >= 0.3 is 0 Å². The van der Waals surface area contributed by atoms with Gasteiger partial charge in [-0.25, -0.2) is 0 Å². The number of carbonyl (C=O) groups is 2. The summed E-state index contributed by atoms with van der Waals surface area (Å²) in [4.78, 5) is 31.5. The highest BCUT2D eigenvalue weighted by Gasteiger charge is 2.26. The number of anilines is 1. The number of nitrogens with one attached hydrogen (secondary N) is 1. The summed E-state index contributed by atoms with van der Waals surface area (Å²) in [6.07, 6.45) is 0.748. The standard InChI is InChI=1S/C25H23N3O2/c29-23(26-16-15-19-9-3-1-4-10-19)18-28-22-14-8-7-13-21(22)25(27-17-24(28)30)20-11-5-2-6-12-20/h1-14H,15-18H2,(H,26,29). The highest BCUT2D eigenvalue weighted by molar-refractivity contribution is 6.20. The molecule has 0 atom stereocenters. The topological polar surface area (TPSA) is 61.8 Å². The molecule has 4 rings (SSSR count). The van der Waals surface area contributed by atoms with Crippen LogP contribution in [0.1, 0.15) is 16.7 Å². The number of rotatable bonds is 6. The van der Waals surface area contributed by atoms with Gasteiger partial charge in [0.1, 0.15) is 13.1 Å². The fourth-order valence-corrected chi connectivity index (χ4v) is 3.57. The summed E-state index contributed by atoms with van der Waals surface area (Å²) in [5, 5.41) is 2.92. The van der Waals surface area contributed by atoms with Crippen LogP contribution in [0.5, 0.6) is 0 Å². The zero-order chi connectivity index (χ0) is 20.8. The highest BCUT2D eigenvalue weighted by Crippen LogP contribution is 2.26. The second-order valence-electron chi connectivity index (χ2n) is 7.11. The smallest absolute Gasteiger partial charge is 0.249 e. The molecule has 1 heterocycles. The number of amides is 2. The first-order valence-corrected chi connectivity index (χ1v) is 10.0. The van der Waals surface area contributed by atoms with Crippen molar-refractivity contribution in [3.63, 3.8) is 0 Å². The largest absolute Gasteiger partial charge is 0.354 e. The van der Waals surface area contributed by atoms with Gasteiger partial charge in [-0.1, -0.05) is 78.9 Å². The van der Waals surface area contributed by atoms with Gasteiger partial charge in [0.15, 0.2) is 0 Å². The van der Waals surface area contributed by atoms with Crippen LogP contribution in [0.25, 0.3) is 0 Å². The van der Waals surface area contributed by atoms with Crippen molar-refractivity contribution in [1.29, 1.82) is 0 Å². The zero-order valence-corrected chi connectivity index (χ0v) is 16.6. The van der Waals surface area contributed by atoms with Gasteiger partial charge in [0, 0.05) is 17.7 Å². The molecular weight excluding hydrogens is 374 g/mol. The summed E-state index contributed by atoms with van der Waals surface area (Å²) >= 11 is 0. The number of para-hydroxylation sites is 1. The Morgan fingerprint density at radius 1 is 0.900 bits per heavy atom. The molecule has 0 radical (unpaired) electrons.